The van der Waals surface area contributed by atoms with E-state index >= 15 is 0 Å². The van der Waals surface area contributed by atoms with E-state index in [4.69, 9.17) is 0 Å². The van der Waals surface area contributed by atoms with Gasteiger partial charge in [0.05, 0.1) is 5.60 Å². The highest BCUT2D eigenvalue weighted by Crippen LogP contribution is 2.28. The molecule has 2 atom stereocenters. The Morgan fingerprint density at radius 3 is 2.00 bits per heavy atom. The molecule has 0 bridgehead atoms. The third-order valence-corrected chi connectivity index (χ3v) is 2.90. The summed E-state index contributed by atoms with van der Waals surface area (Å²) < 4.78 is 0. The van der Waals surface area contributed by atoms with Crippen LogP contribution in [0.1, 0.15) is 67.2 Å². The monoisotopic (exact) mass is 200 g/mol. The van der Waals surface area contributed by atoms with Crippen LogP contribution >= 0.6 is 0 Å². The fourth-order valence-corrected chi connectivity index (χ4v) is 1.88. The van der Waals surface area contributed by atoms with Crippen molar-refractivity contribution in [2.75, 3.05) is 0 Å². The normalized spacial score (nSPS) is 19.1. The Morgan fingerprint density at radius 1 is 1.14 bits per heavy atom. The van der Waals surface area contributed by atoms with E-state index in [1.807, 2.05) is 6.92 Å². The van der Waals surface area contributed by atoms with Crippen LogP contribution in [0.3, 0.4) is 0 Å². The van der Waals surface area contributed by atoms with E-state index in [-0.39, 0.29) is 0 Å². The molecule has 1 heteroatoms. The first kappa shape index (κ1) is 14.0. The topological polar surface area (TPSA) is 20.2 Å². The molecule has 1 N–H and O–H groups in total. The molecule has 14 heavy (non-hydrogen) atoms. The molecule has 0 rings (SSSR count). The fraction of sp³-hybridized carbons (Fsp3) is 1.00. The average molecular weight is 200 g/mol. The van der Waals surface area contributed by atoms with Crippen molar-refractivity contribution in [1.82, 2.24) is 0 Å². The molecule has 0 aromatic heterocycles. The molecule has 0 radical (unpaired) electrons. The highest BCUT2D eigenvalue weighted by molar-refractivity contribution is 4.73. The van der Waals surface area contributed by atoms with Gasteiger partial charge in [0, 0.05) is 0 Å². The summed E-state index contributed by atoms with van der Waals surface area (Å²) in [6.45, 7) is 13.1. The van der Waals surface area contributed by atoms with Crippen LogP contribution in [0.5, 0.6) is 0 Å². The minimum absolute atomic E-state index is 0.414. The van der Waals surface area contributed by atoms with Gasteiger partial charge in [0.1, 0.15) is 0 Å². The molecule has 0 fully saturated rings. The third-order valence-electron chi connectivity index (χ3n) is 2.90. The van der Waals surface area contributed by atoms with Gasteiger partial charge in [-0.25, -0.2) is 0 Å². The highest BCUT2D eigenvalue weighted by atomic mass is 16.3. The summed E-state index contributed by atoms with van der Waals surface area (Å²) in [5.41, 5.74) is -0.0381. The number of rotatable bonds is 5. The molecular weight excluding hydrogens is 172 g/mol. The molecule has 0 saturated heterocycles. The fourth-order valence-electron chi connectivity index (χ4n) is 1.88. The Balaban J connectivity index is 3.80. The van der Waals surface area contributed by atoms with E-state index in [0.29, 0.717) is 11.3 Å². The number of hydrogen-bond donors (Lipinski definition) is 1. The van der Waals surface area contributed by atoms with Crippen molar-refractivity contribution in [1.29, 1.82) is 0 Å². The van der Waals surface area contributed by atoms with Crippen LogP contribution in [0.25, 0.3) is 0 Å². The van der Waals surface area contributed by atoms with Crippen molar-refractivity contribution in [3.8, 4) is 0 Å². The summed E-state index contributed by atoms with van der Waals surface area (Å²) in [7, 11) is 0. The van der Waals surface area contributed by atoms with Crippen LogP contribution in [-0.4, -0.2) is 10.7 Å². The van der Waals surface area contributed by atoms with Gasteiger partial charge < -0.3 is 5.11 Å². The molecule has 0 aromatic carbocycles. The summed E-state index contributed by atoms with van der Waals surface area (Å²) in [5, 5.41) is 9.87. The van der Waals surface area contributed by atoms with E-state index in [2.05, 4.69) is 34.6 Å². The van der Waals surface area contributed by atoms with E-state index < -0.39 is 5.60 Å². The van der Waals surface area contributed by atoms with Gasteiger partial charge in [-0.15, -0.1) is 0 Å². The molecule has 0 amide bonds. The Hall–Kier alpha value is -0.0400. The minimum atomic E-state index is -0.452. The van der Waals surface area contributed by atoms with Crippen LogP contribution in [0, 0.1) is 11.3 Å². The van der Waals surface area contributed by atoms with Gasteiger partial charge in [-0.3, -0.25) is 0 Å². The Bertz CT molecular complexity index is 153. The van der Waals surface area contributed by atoms with Gasteiger partial charge in [0.2, 0.25) is 0 Å². The van der Waals surface area contributed by atoms with Gasteiger partial charge in [-0.1, -0.05) is 34.6 Å². The van der Waals surface area contributed by atoms with Crippen molar-refractivity contribution in [2.24, 2.45) is 11.3 Å². The second-order valence-electron chi connectivity index (χ2n) is 6.26. The van der Waals surface area contributed by atoms with Crippen LogP contribution in [0.4, 0.5) is 0 Å². The lowest BCUT2D eigenvalue weighted by atomic mass is 9.82. The number of aliphatic hydroxyl groups is 1. The lowest BCUT2D eigenvalue weighted by Crippen LogP contribution is -2.24. The van der Waals surface area contributed by atoms with E-state index in [1.165, 1.54) is 6.42 Å². The smallest absolute Gasteiger partial charge is 0.0617 e. The van der Waals surface area contributed by atoms with Gasteiger partial charge >= 0.3 is 0 Å². The number of hydrogen-bond acceptors (Lipinski definition) is 1. The van der Waals surface area contributed by atoms with Crippen molar-refractivity contribution in [2.45, 2.75) is 72.8 Å². The molecule has 1 nitrogen and oxygen atoms in total. The standard InChI is InChI=1S/C13H28O/c1-7-13(6,14)9-8-11(2)10-12(3,4)5/h11,14H,7-10H2,1-6H3. The van der Waals surface area contributed by atoms with Gasteiger partial charge in [0.25, 0.3) is 0 Å². The van der Waals surface area contributed by atoms with E-state index in [9.17, 15) is 5.11 Å². The molecule has 0 saturated carbocycles. The first-order valence-corrected chi connectivity index (χ1v) is 5.89. The zero-order chi connectivity index (χ0) is 11.4. The third kappa shape index (κ3) is 7.37. The lowest BCUT2D eigenvalue weighted by molar-refractivity contribution is 0.0390. The second kappa shape index (κ2) is 5.16. The van der Waals surface area contributed by atoms with Crippen molar-refractivity contribution < 1.29 is 5.11 Å². The van der Waals surface area contributed by atoms with Crippen molar-refractivity contribution >= 4 is 0 Å². The second-order valence-corrected chi connectivity index (χ2v) is 6.26. The maximum absolute atomic E-state index is 9.87. The highest BCUT2D eigenvalue weighted by Gasteiger charge is 2.20. The predicted molar refractivity (Wildman–Crippen MR) is 63.4 cm³/mol. The Labute approximate surface area is 89.9 Å². The first-order chi connectivity index (χ1) is 6.16. The molecule has 0 aliphatic rings. The minimum Gasteiger partial charge on any atom is -0.390 e. The van der Waals surface area contributed by atoms with Crippen LogP contribution in [0.15, 0.2) is 0 Å². The molecule has 2 unspecified atom stereocenters. The predicted octanol–water partition coefficient (Wildman–Crippen LogP) is 4.00. The molecular formula is C13H28O. The lowest BCUT2D eigenvalue weighted by Gasteiger charge is -2.27. The summed E-state index contributed by atoms with van der Waals surface area (Å²) in [5.74, 6) is 0.716. The van der Waals surface area contributed by atoms with Crippen molar-refractivity contribution in [3.63, 3.8) is 0 Å². The Kier molecular flexibility index (Phi) is 5.14. The Morgan fingerprint density at radius 2 is 1.64 bits per heavy atom. The van der Waals surface area contributed by atoms with Crippen LogP contribution in [-0.2, 0) is 0 Å². The largest absolute Gasteiger partial charge is 0.390 e. The SMILES string of the molecule is CCC(C)(O)CCC(C)CC(C)(C)C. The maximum Gasteiger partial charge on any atom is 0.0617 e. The molecule has 0 aliphatic heterocycles. The van der Waals surface area contributed by atoms with Crippen LogP contribution in [0.2, 0.25) is 0 Å². The molecule has 0 aromatic rings. The molecule has 86 valence electrons. The van der Waals surface area contributed by atoms with E-state index in [0.717, 1.165) is 19.3 Å². The molecule has 0 heterocycles. The maximum atomic E-state index is 9.87. The van der Waals surface area contributed by atoms with E-state index in [1.54, 1.807) is 0 Å². The summed E-state index contributed by atoms with van der Waals surface area (Å²) in [4.78, 5) is 0. The van der Waals surface area contributed by atoms with Crippen molar-refractivity contribution in [3.05, 3.63) is 0 Å². The quantitative estimate of drug-likeness (QED) is 0.711. The zero-order valence-corrected chi connectivity index (χ0v) is 10.9. The average Bonchev–Trinajstić information content (AvgIpc) is 1.98. The first-order valence-electron chi connectivity index (χ1n) is 5.89. The van der Waals surface area contributed by atoms with Gasteiger partial charge in [0.15, 0.2) is 0 Å². The van der Waals surface area contributed by atoms with Gasteiger partial charge in [-0.05, 0) is 43.9 Å². The molecule has 0 spiro atoms. The van der Waals surface area contributed by atoms with Crippen LogP contribution < -0.4 is 0 Å². The summed E-state index contributed by atoms with van der Waals surface area (Å²) in [6.07, 6.45) is 4.17. The summed E-state index contributed by atoms with van der Waals surface area (Å²) in [6, 6.07) is 0. The summed E-state index contributed by atoms with van der Waals surface area (Å²) >= 11 is 0. The van der Waals surface area contributed by atoms with Gasteiger partial charge in [-0.2, -0.15) is 0 Å². The molecule has 0 aliphatic carbocycles. The zero-order valence-electron chi connectivity index (χ0n) is 10.9.